The van der Waals surface area contributed by atoms with Crippen molar-refractivity contribution in [2.45, 2.75) is 58.7 Å². The lowest BCUT2D eigenvalue weighted by Gasteiger charge is -2.20. The second-order valence-electron chi connectivity index (χ2n) is 4.30. The van der Waals surface area contributed by atoms with Gasteiger partial charge in [-0.05, 0) is 38.9 Å². The Bertz CT molecular complexity index is 149. The van der Waals surface area contributed by atoms with Crippen LogP contribution in [-0.2, 0) is 4.74 Å². The lowest BCUT2D eigenvalue weighted by molar-refractivity contribution is 0.0532. The summed E-state index contributed by atoms with van der Waals surface area (Å²) in [6.45, 7) is 9.00. The van der Waals surface area contributed by atoms with Crippen molar-refractivity contribution in [2.75, 3.05) is 18.1 Å². The number of hydrogen-bond donors (Lipinski definition) is 1. The summed E-state index contributed by atoms with van der Waals surface area (Å²) < 4.78 is 5.57. The molecule has 0 fully saturated rings. The summed E-state index contributed by atoms with van der Waals surface area (Å²) in [4.78, 5) is 0. The maximum absolute atomic E-state index is 9.76. The highest BCUT2D eigenvalue weighted by atomic mass is 32.2. The van der Waals surface area contributed by atoms with Crippen LogP contribution in [0, 0.1) is 0 Å². The van der Waals surface area contributed by atoms with Gasteiger partial charge in [0.2, 0.25) is 0 Å². The van der Waals surface area contributed by atoms with Crippen molar-refractivity contribution in [3.8, 4) is 0 Å². The zero-order valence-electron chi connectivity index (χ0n) is 10.6. The Kier molecular flexibility index (Phi) is 8.58. The van der Waals surface area contributed by atoms with Crippen molar-refractivity contribution in [3.05, 3.63) is 0 Å². The van der Waals surface area contributed by atoms with Crippen LogP contribution in [0.1, 0.15) is 47.0 Å². The fourth-order valence-corrected chi connectivity index (χ4v) is 2.00. The van der Waals surface area contributed by atoms with Crippen molar-refractivity contribution in [2.24, 2.45) is 0 Å². The zero-order valence-corrected chi connectivity index (χ0v) is 11.4. The average Bonchev–Trinajstić information content (AvgIpc) is 2.22. The maximum Gasteiger partial charge on any atom is 0.0625 e. The maximum atomic E-state index is 9.76. The normalized spacial score (nSPS) is 17.4. The van der Waals surface area contributed by atoms with E-state index in [9.17, 15) is 5.11 Å². The van der Waals surface area contributed by atoms with E-state index in [-0.39, 0.29) is 0 Å². The molecule has 0 amide bonds. The summed E-state index contributed by atoms with van der Waals surface area (Å²) in [5, 5.41) is 9.76. The van der Waals surface area contributed by atoms with Crippen LogP contribution >= 0.6 is 11.8 Å². The van der Waals surface area contributed by atoms with E-state index in [1.54, 1.807) is 0 Å². The number of aliphatic hydroxyl groups is 1. The van der Waals surface area contributed by atoms with E-state index < -0.39 is 5.60 Å². The van der Waals surface area contributed by atoms with Crippen LogP contribution < -0.4 is 0 Å². The minimum absolute atomic E-state index is 0.379. The van der Waals surface area contributed by atoms with Gasteiger partial charge in [0.1, 0.15) is 0 Å². The molecular weight excluding hydrogens is 208 g/mol. The standard InChI is InChI=1S/C12H26O2S/c1-5-11(3)14-8-10-15-9-7-12(4,13)6-2/h11,13H,5-10H2,1-4H3. The molecule has 0 aromatic heterocycles. The lowest BCUT2D eigenvalue weighted by atomic mass is 10.0. The molecule has 0 saturated carbocycles. The van der Waals surface area contributed by atoms with E-state index in [4.69, 9.17) is 4.74 Å². The summed E-state index contributed by atoms with van der Waals surface area (Å²) in [7, 11) is 0. The Morgan fingerprint density at radius 3 is 2.53 bits per heavy atom. The predicted octanol–water partition coefficient (Wildman–Crippen LogP) is 3.09. The monoisotopic (exact) mass is 234 g/mol. The fraction of sp³-hybridized carbons (Fsp3) is 1.00. The van der Waals surface area contributed by atoms with E-state index in [1.807, 2.05) is 25.6 Å². The van der Waals surface area contributed by atoms with Gasteiger partial charge in [0.25, 0.3) is 0 Å². The number of rotatable bonds is 9. The molecule has 0 aliphatic heterocycles. The number of ether oxygens (including phenoxy) is 1. The van der Waals surface area contributed by atoms with Gasteiger partial charge in [0.15, 0.2) is 0 Å². The van der Waals surface area contributed by atoms with E-state index in [0.717, 1.165) is 37.4 Å². The van der Waals surface area contributed by atoms with Crippen LogP contribution in [0.5, 0.6) is 0 Å². The van der Waals surface area contributed by atoms with Crippen LogP contribution in [0.15, 0.2) is 0 Å². The van der Waals surface area contributed by atoms with Gasteiger partial charge in [-0.2, -0.15) is 11.8 Å². The van der Waals surface area contributed by atoms with Gasteiger partial charge in [-0.3, -0.25) is 0 Å². The topological polar surface area (TPSA) is 29.5 Å². The number of hydrogen-bond acceptors (Lipinski definition) is 3. The summed E-state index contributed by atoms with van der Waals surface area (Å²) in [6.07, 6.45) is 3.16. The van der Waals surface area contributed by atoms with Gasteiger partial charge in [-0.15, -0.1) is 0 Å². The molecule has 0 rings (SSSR count). The predicted molar refractivity (Wildman–Crippen MR) is 68.6 cm³/mol. The van der Waals surface area contributed by atoms with Gasteiger partial charge < -0.3 is 9.84 Å². The molecule has 0 aliphatic carbocycles. The van der Waals surface area contributed by atoms with Crippen molar-refractivity contribution in [1.29, 1.82) is 0 Å². The molecule has 0 aliphatic rings. The second-order valence-corrected chi connectivity index (χ2v) is 5.53. The van der Waals surface area contributed by atoms with Crippen LogP contribution in [0.25, 0.3) is 0 Å². The van der Waals surface area contributed by atoms with E-state index in [1.165, 1.54) is 0 Å². The molecule has 2 nitrogen and oxygen atoms in total. The molecule has 92 valence electrons. The summed E-state index contributed by atoms with van der Waals surface area (Å²) in [5.74, 6) is 2.05. The molecular formula is C12H26O2S. The van der Waals surface area contributed by atoms with Gasteiger partial charge in [0.05, 0.1) is 18.3 Å². The minimum atomic E-state index is -0.482. The van der Waals surface area contributed by atoms with Crippen molar-refractivity contribution < 1.29 is 9.84 Å². The Hall–Kier alpha value is 0.270. The third-order valence-electron chi connectivity index (χ3n) is 2.75. The molecule has 3 heteroatoms. The van der Waals surface area contributed by atoms with Crippen LogP contribution in [-0.4, -0.2) is 34.9 Å². The SMILES string of the molecule is CCC(C)OCCSCCC(C)(O)CC. The van der Waals surface area contributed by atoms with Gasteiger partial charge >= 0.3 is 0 Å². The molecule has 0 radical (unpaired) electrons. The number of thioether (sulfide) groups is 1. The first-order valence-electron chi connectivity index (χ1n) is 5.93. The van der Waals surface area contributed by atoms with Crippen molar-refractivity contribution in [1.82, 2.24) is 0 Å². The Labute approximate surface area is 98.8 Å². The average molecular weight is 234 g/mol. The third kappa shape index (κ3) is 9.21. The van der Waals surface area contributed by atoms with Gasteiger partial charge in [-0.1, -0.05) is 13.8 Å². The first kappa shape index (κ1) is 15.3. The van der Waals surface area contributed by atoms with E-state index in [0.29, 0.717) is 6.10 Å². The van der Waals surface area contributed by atoms with Crippen LogP contribution in [0.2, 0.25) is 0 Å². The molecule has 2 atom stereocenters. The highest BCUT2D eigenvalue weighted by Crippen LogP contribution is 2.17. The summed E-state index contributed by atoms with van der Waals surface area (Å²) in [6, 6.07) is 0. The molecule has 2 unspecified atom stereocenters. The Morgan fingerprint density at radius 1 is 1.33 bits per heavy atom. The first-order chi connectivity index (χ1) is 7.02. The second kappa shape index (κ2) is 8.43. The van der Waals surface area contributed by atoms with Crippen LogP contribution in [0.3, 0.4) is 0 Å². The minimum Gasteiger partial charge on any atom is -0.390 e. The molecule has 15 heavy (non-hydrogen) atoms. The highest BCUT2D eigenvalue weighted by Gasteiger charge is 2.16. The summed E-state index contributed by atoms with van der Waals surface area (Å²) in [5.41, 5.74) is -0.482. The van der Waals surface area contributed by atoms with Gasteiger partial charge in [0, 0.05) is 5.75 Å². The zero-order chi connectivity index (χ0) is 11.7. The quantitative estimate of drug-likeness (QED) is 0.622. The van der Waals surface area contributed by atoms with E-state index >= 15 is 0 Å². The molecule has 0 bridgehead atoms. The molecule has 1 N–H and O–H groups in total. The molecule has 0 aromatic carbocycles. The van der Waals surface area contributed by atoms with Crippen LogP contribution in [0.4, 0.5) is 0 Å². The smallest absolute Gasteiger partial charge is 0.0625 e. The Morgan fingerprint density at radius 2 is 2.00 bits per heavy atom. The fourth-order valence-electron chi connectivity index (χ4n) is 0.997. The summed E-state index contributed by atoms with van der Waals surface area (Å²) >= 11 is 1.86. The third-order valence-corrected chi connectivity index (χ3v) is 3.70. The lowest BCUT2D eigenvalue weighted by Crippen LogP contribution is -2.23. The first-order valence-corrected chi connectivity index (χ1v) is 7.09. The van der Waals surface area contributed by atoms with E-state index in [2.05, 4.69) is 13.8 Å². The largest absolute Gasteiger partial charge is 0.390 e. The van der Waals surface area contributed by atoms with Gasteiger partial charge in [-0.25, -0.2) is 0 Å². The molecule has 0 saturated heterocycles. The van der Waals surface area contributed by atoms with Crippen molar-refractivity contribution >= 4 is 11.8 Å². The molecule has 0 spiro atoms. The Balaban J connectivity index is 3.25. The molecule has 0 heterocycles. The van der Waals surface area contributed by atoms with Crippen molar-refractivity contribution in [3.63, 3.8) is 0 Å². The molecule has 0 aromatic rings. The highest BCUT2D eigenvalue weighted by molar-refractivity contribution is 7.99.